The second-order valence-electron chi connectivity index (χ2n) is 4.62. The van der Waals surface area contributed by atoms with Crippen molar-refractivity contribution in [2.45, 2.75) is 49.9 Å². The Hall–Kier alpha value is 0.270. The smallest absolute Gasteiger partial charge is 0.0700 e. The van der Waals surface area contributed by atoms with Crippen molar-refractivity contribution in [3.05, 3.63) is 0 Å². The summed E-state index contributed by atoms with van der Waals surface area (Å²) in [5.41, 5.74) is 0. The van der Waals surface area contributed by atoms with Gasteiger partial charge in [-0.05, 0) is 25.7 Å². The van der Waals surface area contributed by atoms with Crippen LogP contribution in [-0.2, 0) is 4.74 Å². The number of hydrogen-bond donors (Lipinski definition) is 1. The SMILES string of the molecule is C1COC(CNCCSC2CCCC2)C1. The van der Waals surface area contributed by atoms with E-state index in [0.717, 1.165) is 24.9 Å². The summed E-state index contributed by atoms with van der Waals surface area (Å²) in [6.45, 7) is 3.19. The van der Waals surface area contributed by atoms with Crippen LogP contribution in [0.25, 0.3) is 0 Å². The molecule has 3 heteroatoms. The summed E-state index contributed by atoms with van der Waals surface area (Å²) >= 11 is 2.16. The van der Waals surface area contributed by atoms with E-state index >= 15 is 0 Å². The maximum atomic E-state index is 5.56. The second kappa shape index (κ2) is 6.77. The van der Waals surface area contributed by atoms with Gasteiger partial charge in [-0.25, -0.2) is 0 Å². The van der Waals surface area contributed by atoms with Gasteiger partial charge < -0.3 is 10.1 Å². The van der Waals surface area contributed by atoms with Gasteiger partial charge in [-0.15, -0.1) is 0 Å². The van der Waals surface area contributed by atoms with Gasteiger partial charge in [-0.2, -0.15) is 11.8 Å². The molecule has 0 aromatic rings. The van der Waals surface area contributed by atoms with Crippen LogP contribution in [0.15, 0.2) is 0 Å². The molecule has 0 aromatic carbocycles. The molecule has 1 N–H and O–H groups in total. The van der Waals surface area contributed by atoms with Gasteiger partial charge in [0.2, 0.25) is 0 Å². The van der Waals surface area contributed by atoms with Gasteiger partial charge >= 0.3 is 0 Å². The summed E-state index contributed by atoms with van der Waals surface area (Å²) in [5.74, 6) is 1.28. The van der Waals surface area contributed by atoms with E-state index < -0.39 is 0 Å². The van der Waals surface area contributed by atoms with Crippen LogP contribution in [0.3, 0.4) is 0 Å². The number of ether oxygens (including phenoxy) is 1. The van der Waals surface area contributed by atoms with Gasteiger partial charge in [0.05, 0.1) is 6.10 Å². The van der Waals surface area contributed by atoms with Gasteiger partial charge in [0, 0.05) is 30.7 Å². The first-order chi connectivity index (χ1) is 7.45. The van der Waals surface area contributed by atoms with E-state index in [1.165, 1.54) is 44.3 Å². The van der Waals surface area contributed by atoms with E-state index in [-0.39, 0.29) is 0 Å². The van der Waals surface area contributed by atoms with Gasteiger partial charge in [0.1, 0.15) is 0 Å². The standard InChI is InChI=1S/C12H23NOS/c1-2-6-12(5-1)15-9-7-13-10-11-4-3-8-14-11/h11-13H,1-10H2. The van der Waals surface area contributed by atoms with Crippen LogP contribution >= 0.6 is 11.8 Å². The maximum absolute atomic E-state index is 5.56. The fourth-order valence-electron chi connectivity index (χ4n) is 2.42. The first-order valence-electron chi connectivity index (χ1n) is 6.39. The van der Waals surface area contributed by atoms with Crippen molar-refractivity contribution in [3.63, 3.8) is 0 Å². The molecule has 2 aliphatic rings. The van der Waals surface area contributed by atoms with Crippen LogP contribution in [0.1, 0.15) is 38.5 Å². The molecule has 0 spiro atoms. The largest absolute Gasteiger partial charge is 0.377 e. The third-order valence-corrected chi connectivity index (χ3v) is 4.71. The molecule has 2 nitrogen and oxygen atoms in total. The molecule has 1 saturated carbocycles. The molecule has 1 aliphatic carbocycles. The minimum atomic E-state index is 0.501. The molecule has 2 rings (SSSR count). The molecule has 0 bridgehead atoms. The lowest BCUT2D eigenvalue weighted by atomic mass is 10.2. The number of thioether (sulfide) groups is 1. The number of hydrogen-bond acceptors (Lipinski definition) is 3. The summed E-state index contributed by atoms with van der Waals surface area (Å²) in [6.07, 6.45) is 8.84. The van der Waals surface area contributed by atoms with E-state index in [9.17, 15) is 0 Å². The molecule has 1 saturated heterocycles. The summed E-state index contributed by atoms with van der Waals surface area (Å²) in [7, 11) is 0. The van der Waals surface area contributed by atoms with Gasteiger partial charge in [0.15, 0.2) is 0 Å². The first-order valence-corrected chi connectivity index (χ1v) is 7.44. The zero-order chi connectivity index (χ0) is 10.3. The lowest BCUT2D eigenvalue weighted by Gasteiger charge is -2.12. The quantitative estimate of drug-likeness (QED) is 0.707. The Labute approximate surface area is 97.5 Å². The van der Waals surface area contributed by atoms with E-state index in [4.69, 9.17) is 4.74 Å². The molecule has 0 amide bonds. The number of rotatable bonds is 6. The van der Waals surface area contributed by atoms with Crippen LogP contribution in [-0.4, -0.2) is 36.8 Å². The van der Waals surface area contributed by atoms with Gasteiger partial charge in [0.25, 0.3) is 0 Å². The van der Waals surface area contributed by atoms with Crippen molar-refractivity contribution in [1.82, 2.24) is 5.32 Å². The highest BCUT2D eigenvalue weighted by molar-refractivity contribution is 7.99. The highest BCUT2D eigenvalue weighted by Crippen LogP contribution is 2.28. The summed E-state index contributed by atoms with van der Waals surface area (Å²) in [4.78, 5) is 0. The lowest BCUT2D eigenvalue weighted by Crippen LogP contribution is -2.28. The highest BCUT2D eigenvalue weighted by Gasteiger charge is 2.16. The van der Waals surface area contributed by atoms with E-state index in [0.29, 0.717) is 6.10 Å². The Balaban J connectivity index is 1.41. The fourth-order valence-corrected chi connectivity index (χ4v) is 3.68. The molecule has 2 fully saturated rings. The molecule has 88 valence electrons. The molecule has 1 aliphatic heterocycles. The van der Waals surface area contributed by atoms with Crippen LogP contribution < -0.4 is 5.32 Å². The zero-order valence-corrected chi connectivity index (χ0v) is 10.4. The van der Waals surface area contributed by atoms with E-state index in [2.05, 4.69) is 17.1 Å². The van der Waals surface area contributed by atoms with Crippen molar-refractivity contribution in [2.75, 3.05) is 25.4 Å². The Kier molecular flexibility index (Phi) is 5.30. The second-order valence-corrected chi connectivity index (χ2v) is 6.02. The van der Waals surface area contributed by atoms with Crippen LogP contribution in [0.5, 0.6) is 0 Å². The number of nitrogens with one attached hydrogen (secondary N) is 1. The van der Waals surface area contributed by atoms with Crippen molar-refractivity contribution >= 4 is 11.8 Å². The highest BCUT2D eigenvalue weighted by atomic mass is 32.2. The molecule has 15 heavy (non-hydrogen) atoms. The van der Waals surface area contributed by atoms with E-state index in [1.807, 2.05) is 0 Å². The predicted octanol–water partition coefficient (Wildman–Crippen LogP) is 2.43. The van der Waals surface area contributed by atoms with Crippen LogP contribution in [0, 0.1) is 0 Å². The summed E-state index contributed by atoms with van der Waals surface area (Å²) in [6, 6.07) is 0. The van der Waals surface area contributed by atoms with Crippen molar-refractivity contribution in [3.8, 4) is 0 Å². The van der Waals surface area contributed by atoms with Gasteiger partial charge in [-0.3, -0.25) is 0 Å². The average Bonchev–Trinajstić information content (AvgIpc) is 2.88. The minimum absolute atomic E-state index is 0.501. The average molecular weight is 229 g/mol. The molecular formula is C12H23NOS. The molecular weight excluding hydrogens is 206 g/mol. The Morgan fingerprint density at radius 2 is 2.00 bits per heavy atom. The van der Waals surface area contributed by atoms with Crippen molar-refractivity contribution < 1.29 is 4.74 Å². The third-order valence-electron chi connectivity index (χ3n) is 3.33. The first kappa shape index (κ1) is 11.7. The fraction of sp³-hybridized carbons (Fsp3) is 1.00. The topological polar surface area (TPSA) is 21.3 Å². The van der Waals surface area contributed by atoms with Gasteiger partial charge in [-0.1, -0.05) is 12.8 Å². The molecule has 1 heterocycles. The van der Waals surface area contributed by atoms with E-state index in [1.54, 1.807) is 0 Å². The molecule has 1 atom stereocenters. The zero-order valence-electron chi connectivity index (χ0n) is 9.54. The normalized spacial score (nSPS) is 27.6. The molecule has 0 radical (unpaired) electrons. The maximum Gasteiger partial charge on any atom is 0.0700 e. The minimum Gasteiger partial charge on any atom is -0.377 e. The molecule has 0 aromatic heterocycles. The Bertz CT molecular complexity index is 147. The lowest BCUT2D eigenvalue weighted by molar-refractivity contribution is 0.110. The summed E-state index contributed by atoms with van der Waals surface area (Å²) < 4.78 is 5.56. The summed E-state index contributed by atoms with van der Waals surface area (Å²) in [5, 5.41) is 4.47. The van der Waals surface area contributed by atoms with Crippen LogP contribution in [0.4, 0.5) is 0 Å². The van der Waals surface area contributed by atoms with Crippen LogP contribution in [0.2, 0.25) is 0 Å². The third kappa shape index (κ3) is 4.33. The monoisotopic (exact) mass is 229 g/mol. The Morgan fingerprint density at radius 3 is 2.73 bits per heavy atom. The van der Waals surface area contributed by atoms with Crippen molar-refractivity contribution in [1.29, 1.82) is 0 Å². The molecule has 1 unspecified atom stereocenters. The predicted molar refractivity (Wildman–Crippen MR) is 66.6 cm³/mol. The Morgan fingerprint density at radius 1 is 1.13 bits per heavy atom. The van der Waals surface area contributed by atoms with Crippen molar-refractivity contribution in [2.24, 2.45) is 0 Å².